The van der Waals surface area contributed by atoms with Gasteiger partial charge < -0.3 is 15.8 Å². The molecular weight excluding hydrogens is 306 g/mol. The molecule has 1 amide bonds. The van der Waals surface area contributed by atoms with Crippen LogP contribution in [0.3, 0.4) is 0 Å². The van der Waals surface area contributed by atoms with Crippen molar-refractivity contribution < 1.29 is 17.9 Å². The molecule has 1 heterocycles. The number of hydrogen-bond acceptors (Lipinski definition) is 5. The smallest absolute Gasteiger partial charge is 0.235 e. The van der Waals surface area contributed by atoms with E-state index in [4.69, 9.17) is 10.5 Å². The molecule has 1 aromatic rings. The van der Waals surface area contributed by atoms with E-state index in [0.717, 1.165) is 0 Å². The van der Waals surface area contributed by atoms with Gasteiger partial charge in [-0.15, -0.1) is 0 Å². The van der Waals surface area contributed by atoms with E-state index in [-0.39, 0.29) is 11.7 Å². The zero-order valence-electron chi connectivity index (χ0n) is 12.5. The Morgan fingerprint density at radius 3 is 2.82 bits per heavy atom. The predicted molar refractivity (Wildman–Crippen MR) is 85.7 cm³/mol. The molecule has 7 nitrogen and oxygen atoms in total. The molecule has 0 aromatic heterocycles. The molecule has 0 spiro atoms. The molecule has 3 N–H and O–H groups in total. The largest absolute Gasteiger partial charge is 0.495 e. The van der Waals surface area contributed by atoms with Crippen LogP contribution in [0.1, 0.15) is 19.3 Å². The second kappa shape index (κ2) is 6.97. The maximum absolute atomic E-state index is 12.1. The number of sulfonamides is 1. The highest BCUT2D eigenvalue weighted by molar-refractivity contribution is 7.93. The molecule has 1 aromatic carbocycles. The number of rotatable bonds is 6. The molecule has 0 saturated carbocycles. The monoisotopic (exact) mass is 327 g/mol. The second-order valence-electron chi connectivity index (χ2n) is 5.07. The number of carbonyl (C=O) groups is 1. The third-order valence-corrected chi connectivity index (χ3v) is 5.29. The number of nitrogens with zero attached hydrogens (tertiary/aromatic N) is 1. The minimum absolute atomic E-state index is 0.128. The van der Waals surface area contributed by atoms with E-state index in [1.165, 1.54) is 11.4 Å². The SMILES string of the molecule is COc1ccc(NC(=O)CCCN)cc1N1CCCS1(=O)=O. The third-order valence-electron chi connectivity index (χ3n) is 3.44. The summed E-state index contributed by atoms with van der Waals surface area (Å²) >= 11 is 0. The summed E-state index contributed by atoms with van der Waals surface area (Å²) in [5.41, 5.74) is 6.37. The quantitative estimate of drug-likeness (QED) is 0.809. The van der Waals surface area contributed by atoms with Crippen LogP contribution in [0.2, 0.25) is 0 Å². The van der Waals surface area contributed by atoms with Gasteiger partial charge in [0.15, 0.2) is 0 Å². The average Bonchev–Trinajstić information content (AvgIpc) is 2.84. The minimum Gasteiger partial charge on any atom is -0.495 e. The Bertz CT molecular complexity index is 645. The maximum Gasteiger partial charge on any atom is 0.235 e. The summed E-state index contributed by atoms with van der Waals surface area (Å²) in [7, 11) is -1.82. The number of amides is 1. The first-order valence-corrected chi connectivity index (χ1v) is 8.77. The van der Waals surface area contributed by atoms with Crippen molar-refractivity contribution in [1.29, 1.82) is 0 Å². The van der Waals surface area contributed by atoms with Crippen molar-refractivity contribution >= 4 is 27.3 Å². The van der Waals surface area contributed by atoms with Gasteiger partial charge in [0.1, 0.15) is 5.75 Å². The molecular formula is C14H21N3O4S. The van der Waals surface area contributed by atoms with Gasteiger partial charge in [0.05, 0.1) is 18.6 Å². The van der Waals surface area contributed by atoms with E-state index < -0.39 is 10.0 Å². The van der Waals surface area contributed by atoms with Gasteiger partial charge in [-0.25, -0.2) is 8.42 Å². The zero-order chi connectivity index (χ0) is 16.2. The van der Waals surface area contributed by atoms with Crippen LogP contribution < -0.4 is 20.1 Å². The number of nitrogens with two attached hydrogens (primary N) is 1. The molecule has 0 bridgehead atoms. The van der Waals surface area contributed by atoms with Crippen LogP contribution in [0.4, 0.5) is 11.4 Å². The summed E-state index contributed by atoms with van der Waals surface area (Å²) in [4.78, 5) is 11.8. The van der Waals surface area contributed by atoms with Gasteiger partial charge in [-0.3, -0.25) is 9.10 Å². The van der Waals surface area contributed by atoms with E-state index in [9.17, 15) is 13.2 Å². The van der Waals surface area contributed by atoms with Crippen LogP contribution in [0.25, 0.3) is 0 Å². The standard InChI is InChI=1S/C14H21N3O4S/c1-21-13-6-5-11(16-14(18)4-2-7-15)10-12(13)17-8-3-9-22(17,19)20/h5-6,10H,2-4,7-9,15H2,1H3,(H,16,18). The molecule has 0 unspecified atom stereocenters. The van der Waals surface area contributed by atoms with E-state index in [2.05, 4.69) is 5.32 Å². The molecule has 1 aliphatic rings. The van der Waals surface area contributed by atoms with Crippen molar-refractivity contribution in [2.75, 3.05) is 35.6 Å². The van der Waals surface area contributed by atoms with Gasteiger partial charge in [-0.05, 0) is 37.6 Å². The van der Waals surface area contributed by atoms with Gasteiger partial charge >= 0.3 is 0 Å². The first-order chi connectivity index (χ1) is 10.5. The Morgan fingerprint density at radius 2 is 2.23 bits per heavy atom. The fraction of sp³-hybridized carbons (Fsp3) is 0.500. The number of hydrogen-bond donors (Lipinski definition) is 2. The lowest BCUT2D eigenvalue weighted by atomic mass is 10.2. The fourth-order valence-electron chi connectivity index (χ4n) is 2.36. The first kappa shape index (κ1) is 16.6. The molecule has 1 fully saturated rings. The maximum atomic E-state index is 12.1. The highest BCUT2D eigenvalue weighted by atomic mass is 32.2. The van der Waals surface area contributed by atoms with Crippen molar-refractivity contribution in [3.63, 3.8) is 0 Å². The minimum atomic E-state index is -3.31. The average molecular weight is 327 g/mol. The first-order valence-electron chi connectivity index (χ1n) is 7.16. The Balaban J connectivity index is 2.25. The van der Waals surface area contributed by atoms with Crippen LogP contribution >= 0.6 is 0 Å². The Morgan fingerprint density at radius 1 is 1.45 bits per heavy atom. The molecule has 1 aliphatic heterocycles. The van der Waals surface area contributed by atoms with Crippen molar-refractivity contribution in [2.45, 2.75) is 19.3 Å². The summed E-state index contributed by atoms with van der Waals surface area (Å²) in [6.45, 7) is 0.872. The number of benzene rings is 1. The Labute approximate surface area is 130 Å². The van der Waals surface area contributed by atoms with E-state index in [0.29, 0.717) is 49.5 Å². The summed E-state index contributed by atoms with van der Waals surface area (Å²) < 4.78 is 30.7. The lowest BCUT2D eigenvalue weighted by Crippen LogP contribution is -2.25. The number of methoxy groups -OCH3 is 1. The van der Waals surface area contributed by atoms with Crippen LogP contribution in [-0.4, -0.2) is 40.3 Å². The molecule has 0 radical (unpaired) electrons. The van der Waals surface area contributed by atoms with Crippen LogP contribution in [0.15, 0.2) is 18.2 Å². The second-order valence-corrected chi connectivity index (χ2v) is 7.08. The Kier molecular flexibility index (Phi) is 5.25. The lowest BCUT2D eigenvalue weighted by molar-refractivity contribution is -0.116. The highest BCUT2D eigenvalue weighted by Gasteiger charge is 2.30. The molecule has 8 heteroatoms. The van der Waals surface area contributed by atoms with Crippen molar-refractivity contribution in [3.8, 4) is 5.75 Å². The van der Waals surface area contributed by atoms with Crippen LogP contribution in [0, 0.1) is 0 Å². The summed E-state index contributed by atoms with van der Waals surface area (Å²) in [6.07, 6.45) is 1.52. The molecule has 22 heavy (non-hydrogen) atoms. The molecule has 1 saturated heterocycles. The number of anilines is 2. The van der Waals surface area contributed by atoms with E-state index in [1.54, 1.807) is 18.2 Å². The number of nitrogens with one attached hydrogen (secondary N) is 1. The van der Waals surface area contributed by atoms with Gasteiger partial charge in [0.2, 0.25) is 15.9 Å². The molecule has 2 rings (SSSR count). The molecule has 122 valence electrons. The lowest BCUT2D eigenvalue weighted by Gasteiger charge is -2.20. The zero-order valence-corrected chi connectivity index (χ0v) is 13.4. The number of carbonyl (C=O) groups excluding carboxylic acids is 1. The van der Waals surface area contributed by atoms with Crippen molar-refractivity contribution in [3.05, 3.63) is 18.2 Å². The normalized spacial score (nSPS) is 16.5. The summed E-state index contributed by atoms with van der Waals surface area (Å²) in [5.74, 6) is 0.444. The Hall–Kier alpha value is -1.80. The van der Waals surface area contributed by atoms with Crippen molar-refractivity contribution in [2.24, 2.45) is 5.73 Å². The summed E-state index contributed by atoms with van der Waals surface area (Å²) in [6, 6.07) is 4.97. The van der Waals surface area contributed by atoms with Crippen LogP contribution in [0.5, 0.6) is 5.75 Å². The van der Waals surface area contributed by atoms with Gasteiger partial charge in [-0.2, -0.15) is 0 Å². The topological polar surface area (TPSA) is 102 Å². The number of ether oxygens (including phenoxy) is 1. The van der Waals surface area contributed by atoms with E-state index >= 15 is 0 Å². The van der Waals surface area contributed by atoms with Gasteiger partial charge in [0, 0.05) is 18.7 Å². The van der Waals surface area contributed by atoms with E-state index in [1.807, 2.05) is 0 Å². The highest BCUT2D eigenvalue weighted by Crippen LogP contribution is 2.35. The predicted octanol–water partition coefficient (Wildman–Crippen LogP) is 0.912. The molecule has 0 aliphatic carbocycles. The van der Waals surface area contributed by atoms with Crippen LogP contribution in [-0.2, 0) is 14.8 Å². The fourth-order valence-corrected chi connectivity index (χ4v) is 3.92. The van der Waals surface area contributed by atoms with Crippen molar-refractivity contribution in [1.82, 2.24) is 0 Å². The third kappa shape index (κ3) is 3.69. The van der Waals surface area contributed by atoms with Gasteiger partial charge in [0.25, 0.3) is 0 Å². The molecule has 0 atom stereocenters. The summed E-state index contributed by atoms with van der Waals surface area (Å²) in [5, 5.41) is 2.75. The van der Waals surface area contributed by atoms with Gasteiger partial charge in [-0.1, -0.05) is 0 Å².